The van der Waals surface area contributed by atoms with Crippen LogP contribution in [0.3, 0.4) is 0 Å². The van der Waals surface area contributed by atoms with Gasteiger partial charge in [-0.1, -0.05) is 6.58 Å². The lowest BCUT2D eigenvalue weighted by molar-refractivity contribution is -0.128. The Morgan fingerprint density at radius 2 is 1.74 bits per heavy atom. The predicted octanol–water partition coefficient (Wildman–Crippen LogP) is 2.01. The first-order chi connectivity index (χ1) is 18.4. The van der Waals surface area contributed by atoms with Gasteiger partial charge in [0, 0.05) is 94.0 Å². The van der Waals surface area contributed by atoms with Crippen molar-refractivity contribution in [3.63, 3.8) is 0 Å². The third-order valence-electron chi connectivity index (χ3n) is 7.59. The fraction of sp³-hybridized carbons (Fsp3) is 0.429. The van der Waals surface area contributed by atoms with Gasteiger partial charge in [-0.15, -0.1) is 0 Å². The Labute approximate surface area is 223 Å². The fourth-order valence-electron chi connectivity index (χ4n) is 5.15. The lowest BCUT2D eigenvalue weighted by atomic mass is 10.2. The molecule has 1 unspecified atom stereocenters. The molecular formula is C28H36N8O2. The molecule has 2 aliphatic rings. The van der Waals surface area contributed by atoms with E-state index in [-0.39, 0.29) is 17.5 Å². The number of benzene rings is 1. The van der Waals surface area contributed by atoms with Crippen molar-refractivity contribution < 1.29 is 4.79 Å². The van der Waals surface area contributed by atoms with Crippen molar-refractivity contribution in [3.8, 4) is 0 Å². The number of carbonyl (C=O) groups is 1. The summed E-state index contributed by atoms with van der Waals surface area (Å²) >= 11 is 0. The van der Waals surface area contributed by atoms with Crippen LogP contribution < -0.4 is 15.8 Å². The Morgan fingerprint density at radius 1 is 1.03 bits per heavy atom. The van der Waals surface area contributed by atoms with E-state index < -0.39 is 0 Å². The van der Waals surface area contributed by atoms with Crippen LogP contribution in [0.25, 0.3) is 11.0 Å². The minimum Gasteiger partial charge on any atom is -0.369 e. The van der Waals surface area contributed by atoms with Crippen LogP contribution >= 0.6 is 0 Å². The van der Waals surface area contributed by atoms with Gasteiger partial charge in [-0.3, -0.25) is 19.1 Å². The lowest BCUT2D eigenvalue weighted by Gasteiger charge is -2.37. The molecule has 1 N–H and O–H groups in total. The van der Waals surface area contributed by atoms with Crippen molar-refractivity contribution in [1.82, 2.24) is 29.2 Å². The second-order valence-corrected chi connectivity index (χ2v) is 10.1. The zero-order valence-corrected chi connectivity index (χ0v) is 22.2. The zero-order chi connectivity index (χ0) is 26.6. The normalized spacial score (nSPS) is 17.9. The summed E-state index contributed by atoms with van der Waals surface area (Å²) < 4.78 is 1.73. The molecule has 0 radical (unpaired) electrons. The summed E-state index contributed by atoms with van der Waals surface area (Å²) in [5, 5.41) is 4.11. The highest BCUT2D eigenvalue weighted by Gasteiger charge is 2.24. The highest BCUT2D eigenvalue weighted by Crippen LogP contribution is 2.22. The van der Waals surface area contributed by atoms with E-state index in [1.165, 1.54) is 11.8 Å². The summed E-state index contributed by atoms with van der Waals surface area (Å²) in [5.41, 5.74) is 2.62. The molecule has 3 aromatic rings. The van der Waals surface area contributed by atoms with Crippen molar-refractivity contribution in [2.24, 2.45) is 0 Å². The van der Waals surface area contributed by atoms with Crippen LogP contribution in [0.2, 0.25) is 0 Å². The second-order valence-electron chi connectivity index (χ2n) is 10.1. The van der Waals surface area contributed by atoms with E-state index in [1.54, 1.807) is 22.9 Å². The van der Waals surface area contributed by atoms with Crippen LogP contribution in [-0.4, -0.2) is 101 Å². The lowest BCUT2D eigenvalue weighted by Crippen LogP contribution is -2.52. The minimum atomic E-state index is -0.0917. The average molecular weight is 517 g/mol. The Balaban J connectivity index is 1.29. The van der Waals surface area contributed by atoms with Crippen LogP contribution in [0.15, 0.2) is 60.0 Å². The molecule has 2 fully saturated rings. The molecule has 1 atom stereocenters. The number of nitrogens with zero attached hydrogens (tertiary/aromatic N) is 7. The van der Waals surface area contributed by atoms with Gasteiger partial charge in [0.05, 0.1) is 0 Å². The number of anilines is 3. The zero-order valence-electron chi connectivity index (χ0n) is 22.2. The molecule has 4 heterocycles. The van der Waals surface area contributed by atoms with Crippen LogP contribution in [0, 0.1) is 0 Å². The summed E-state index contributed by atoms with van der Waals surface area (Å²) in [7, 11) is 2.16. The van der Waals surface area contributed by atoms with Gasteiger partial charge in [-0.2, -0.15) is 4.98 Å². The molecule has 0 saturated carbocycles. The van der Waals surface area contributed by atoms with Crippen molar-refractivity contribution >= 4 is 34.3 Å². The van der Waals surface area contributed by atoms with Gasteiger partial charge in [-0.05, 0) is 50.4 Å². The molecule has 2 aromatic heterocycles. The summed E-state index contributed by atoms with van der Waals surface area (Å²) in [6.45, 7) is 13.2. The molecule has 1 aromatic carbocycles. The first-order valence-corrected chi connectivity index (χ1v) is 13.2. The standard InChI is InChI=1S/C28H36N8O2/c1-4-25(37)35-17-15-33(16-18-35)21(2)20-36-26(38)10-5-22-19-29-28(31-27(22)36)30-23-6-8-24(9-7-23)34-13-11-32(3)12-14-34/h4-10,19,21H,1,11-18,20H2,2-3H3,(H,29,30,31). The fourth-order valence-corrected chi connectivity index (χ4v) is 5.15. The Kier molecular flexibility index (Phi) is 7.71. The molecule has 0 aliphatic carbocycles. The molecule has 200 valence electrons. The highest BCUT2D eigenvalue weighted by molar-refractivity contribution is 5.87. The Hall–Kier alpha value is -3.76. The predicted molar refractivity (Wildman–Crippen MR) is 151 cm³/mol. The summed E-state index contributed by atoms with van der Waals surface area (Å²) in [6, 6.07) is 11.8. The van der Waals surface area contributed by atoms with Gasteiger partial charge in [-0.25, -0.2) is 4.98 Å². The molecule has 0 bridgehead atoms. The first kappa shape index (κ1) is 25.9. The molecule has 5 rings (SSSR count). The number of hydrogen-bond acceptors (Lipinski definition) is 8. The van der Waals surface area contributed by atoms with Gasteiger partial charge in [0.2, 0.25) is 11.9 Å². The third-order valence-corrected chi connectivity index (χ3v) is 7.59. The van der Waals surface area contributed by atoms with Gasteiger partial charge in [0.1, 0.15) is 5.65 Å². The van der Waals surface area contributed by atoms with E-state index in [1.807, 2.05) is 17.0 Å². The maximum atomic E-state index is 12.9. The van der Waals surface area contributed by atoms with E-state index in [4.69, 9.17) is 4.98 Å². The molecule has 2 saturated heterocycles. The van der Waals surface area contributed by atoms with E-state index in [0.717, 1.165) is 50.3 Å². The van der Waals surface area contributed by atoms with Crippen LogP contribution in [-0.2, 0) is 11.3 Å². The van der Waals surface area contributed by atoms with Gasteiger partial charge >= 0.3 is 0 Å². The topological polar surface area (TPSA) is 89.8 Å². The number of rotatable bonds is 7. The maximum Gasteiger partial charge on any atom is 0.252 e. The summed E-state index contributed by atoms with van der Waals surface area (Å²) in [5.74, 6) is 0.418. The van der Waals surface area contributed by atoms with Crippen LogP contribution in [0.5, 0.6) is 0 Å². The van der Waals surface area contributed by atoms with E-state index in [2.05, 4.69) is 57.7 Å². The quantitative estimate of drug-likeness (QED) is 0.477. The summed E-state index contributed by atoms with van der Waals surface area (Å²) in [4.78, 5) is 42.9. The van der Waals surface area contributed by atoms with E-state index in [9.17, 15) is 9.59 Å². The van der Waals surface area contributed by atoms with E-state index >= 15 is 0 Å². The monoisotopic (exact) mass is 516 g/mol. The number of pyridine rings is 1. The summed E-state index contributed by atoms with van der Waals surface area (Å²) in [6.07, 6.45) is 3.12. The van der Waals surface area contributed by atoms with Crippen LogP contribution in [0.4, 0.5) is 17.3 Å². The van der Waals surface area contributed by atoms with Crippen LogP contribution in [0.1, 0.15) is 6.92 Å². The minimum absolute atomic E-state index is 0.0340. The van der Waals surface area contributed by atoms with Gasteiger partial charge < -0.3 is 20.0 Å². The molecule has 2 aliphatic heterocycles. The number of nitrogens with one attached hydrogen (secondary N) is 1. The number of amides is 1. The number of hydrogen-bond donors (Lipinski definition) is 1. The van der Waals surface area contributed by atoms with Crippen molar-refractivity contribution in [3.05, 3.63) is 65.6 Å². The van der Waals surface area contributed by atoms with Crippen molar-refractivity contribution in [1.29, 1.82) is 0 Å². The van der Waals surface area contributed by atoms with Crippen molar-refractivity contribution in [2.45, 2.75) is 19.5 Å². The van der Waals surface area contributed by atoms with E-state index in [0.29, 0.717) is 31.2 Å². The third kappa shape index (κ3) is 5.71. The number of fused-ring (bicyclic) bond motifs is 1. The van der Waals surface area contributed by atoms with Gasteiger partial charge in [0.25, 0.3) is 5.56 Å². The smallest absolute Gasteiger partial charge is 0.252 e. The number of carbonyl (C=O) groups excluding carboxylic acids is 1. The Bertz CT molecular complexity index is 1340. The Morgan fingerprint density at radius 3 is 2.42 bits per heavy atom. The largest absolute Gasteiger partial charge is 0.369 e. The first-order valence-electron chi connectivity index (χ1n) is 13.2. The SMILES string of the molecule is C=CC(=O)N1CCN(C(C)Cn2c(=O)ccc3cnc(Nc4ccc(N5CCN(C)CC5)cc4)nc32)CC1. The molecule has 0 spiro atoms. The number of likely N-dealkylation sites (N-methyl/N-ethyl adjacent to an activating group) is 1. The molecule has 10 nitrogen and oxygen atoms in total. The molecular weight excluding hydrogens is 480 g/mol. The second kappa shape index (κ2) is 11.3. The number of piperazine rings is 2. The molecule has 38 heavy (non-hydrogen) atoms. The number of aromatic nitrogens is 3. The maximum absolute atomic E-state index is 12.9. The molecule has 10 heteroatoms. The average Bonchev–Trinajstić information content (AvgIpc) is 2.95. The van der Waals surface area contributed by atoms with Crippen molar-refractivity contribution in [2.75, 3.05) is 69.6 Å². The highest BCUT2D eigenvalue weighted by atomic mass is 16.2. The van der Waals surface area contributed by atoms with Gasteiger partial charge in [0.15, 0.2) is 0 Å². The molecule has 1 amide bonds.